The van der Waals surface area contributed by atoms with E-state index in [9.17, 15) is 8.78 Å². The minimum Gasteiger partial charge on any atom is -0.378 e. The standard InChI is InChI=1S/C17H17F2N/c1-10(2)11-3-6-16-12(7-11)8-17(20-16)14-9-13(18)4-5-15(14)19/h3-7,9-10,17,20H,8H2,1-2H3. The smallest absolute Gasteiger partial charge is 0.128 e. The number of benzene rings is 2. The molecule has 0 saturated carbocycles. The molecule has 1 heterocycles. The van der Waals surface area contributed by atoms with E-state index < -0.39 is 5.82 Å². The predicted octanol–water partition coefficient (Wildman–Crippen LogP) is 4.80. The summed E-state index contributed by atoms with van der Waals surface area (Å²) in [7, 11) is 0. The summed E-state index contributed by atoms with van der Waals surface area (Å²) in [5.41, 5.74) is 3.85. The van der Waals surface area contributed by atoms with E-state index in [4.69, 9.17) is 0 Å². The molecule has 104 valence electrons. The second kappa shape index (κ2) is 4.89. The SMILES string of the molecule is CC(C)c1ccc2c(c1)CC(c1cc(F)ccc1F)N2. The van der Waals surface area contributed by atoms with E-state index in [2.05, 4.69) is 31.3 Å². The van der Waals surface area contributed by atoms with Gasteiger partial charge in [0.05, 0.1) is 6.04 Å². The van der Waals surface area contributed by atoms with E-state index in [-0.39, 0.29) is 11.9 Å². The first-order chi connectivity index (χ1) is 9.54. The van der Waals surface area contributed by atoms with Crippen molar-refractivity contribution in [2.45, 2.75) is 32.2 Å². The number of hydrogen-bond donors (Lipinski definition) is 1. The Morgan fingerprint density at radius 1 is 1.10 bits per heavy atom. The van der Waals surface area contributed by atoms with Crippen LogP contribution in [0.3, 0.4) is 0 Å². The zero-order valence-electron chi connectivity index (χ0n) is 11.6. The largest absolute Gasteiger partial charge is 0.378 e. The van der Waals surface area contributed by atoms with Crippen molar-refractivity contribution in [2.24, 2.45) is 0 Å². The van der Waals surface area contributed by atoms with Crippen molar-refractivity contribution < 1.29 is 8.78 Å². The normalized spacial score (nSPS) is 17.1. The highest BCUT2D eigenvalue weighted by atomic mass is 19.1. The lowest BCUT2D eigenvalue weighted by atomic mass is 9.97. The van der Waals surface area contributed by atoms with Crippen LogP contribution in [0.1, 0.15) is 42.5 Å². The van der Waals surface area contributed by atoms with Crippen LogP contribution >= 0.6 is 0 Å². The first-order valence-corrected chi connectivity index (χ1v) is 6.89. The number of fused-ring (bicyclic) bond motifs is 1. The third kappa shape index (κ3) is 2.28. The molecule has 0 radical (unpaired) electrons. The average Bonchev–Trinajstić information content (AvgIpc) is 2.83. The van der Waals surface area contributed by atoms with Gasteiger partial charge >= 0.3 is 0 Å². The van der Waals surface area contributed by atoms with Crippen LogP contribution in [0.4, 0.5) is 14.5 Å². The monoisotopic (exact) mass is 273 g/mol. The minimum absolute atomic E-state index is 0.192. The van der Waals surface area contributed by atoms with E-state index in [1.165, 1.54) is 23.3 Å². The molecule has 20 heavy (non-hydrogen) atoms. The Balaban J connectivity index is 1.92. The Hall–Kier alpha value is -1.90. The fourth-order valence-electron chi connectivity index (χ4n) is 2.71. The van der Waals surface area contributed by atoms with Gasteiger partial charge in [-0.15, -0.1) is 0 Å². The molecular weight excluding hydrogens is 256 g/mol. The van der Waals surface area contributed by atoms with Crippen molar-refractivity contribution in [3.8, 4) is 0 Å². The topological polar surface area (TPSA) is 12.0 Å². The van der Waals surface area contributed by atoms with E-state index in [1.54, 1.807) is 0 Å². The van der Waals surface area contributed by atoms with Gasteiger partial charge in [0, 0.05) is 11.3 Å². The third-order valence-corrected chi connectivity index (χ3v) is 3.88. The molecule has 0 saturated heterocycles. The summed E-state index contributed by atoms with van der Waals surface area (Å²) in [4.78, 5) is 0. The molecule has 0 bridgehead atoms. The lowest BCUT2D eigenvalue weighted by Gasteiger charge is -2.12. The van der Waals surface area contributed by atoms with Crippen LogP contribution in [-0.2, 0) is 6.42 Å². The fourth-order valence-corrected chi connectivity index (χ4v) is 2.71. The molecule has 1 aliphatic heterocycles. The Morgan fingerprint density at radius 2 is 1.90 bits per heavy atom. The van der Waals surface area contributed by atoms with Crippen LogP contribution in [0.5, 0.6) is 0 Å². The molecule has 1 atom stereocenters. The molecule has 0 aromatic heterocycles. The Bertz CT molecular complexity index is 649. The Kier molecular flexibility index (Phi) is 3.20. The van der Waals surface area contributed by atoms with E-state index in [1.807, 2.05) is 6.07 Å². The third-order valence-electron chi connectivity index (χ3n) is 3.88. The van der Waals surface area contributed by atoms with Crippen molar-refractivity contribution in [1.82, 2.24) is 0 Å². The van der Waals surface area contributed by atoms with Crippen molar-refractivity contribution in [2.75, 3.05) is 5.32 Å². The quantitative estimate of drug-likeness (QED) is 0.829. The van der Waals surface area contributed by atoms with Crippen molar-refractivity contribution in [1.29, 1.82) is 0 Å². The van der Waals surface area contributed by atoms with Crippen LogP contribution < -0.4 is 5.32 Å². The average molecular weight is 273 g/mol. The number of rotatable bonds is 2. The van der Waals surface area contributed by atoms with E-state index in [0.717, 1.165) is 11.8 Å². The van der Waals surface area contributed by atoms with Crippen molar-refractivity contribution in [3.63, 3.8) is 0 Å². The maximum atomic E-state index is 13.8. The maximum absolute atomic E-state index is 13.8. The second-order valence-corrected chi connectivity index (χ2v) is 5.64. The predicted molar refractivity (Wildman–Crippen MR) is 77.0 cm³/mol. The highest BCUT2D eigenvalue weighted by Crippen LogP contribution is 2.36. The fraction of sp³-hybridized carbons (Fsp3) is 0.294. The number of nitrogens with one attached hydrogen (secondary N) is 1. The summed E-state index contributed by atoms with van der Waals surface area (Å²) < 4.78 is 27.2. The molecule has 0 amide bonds. The van der Waals surface area contributed by atoms with Gasteiger partial charge in [-0.05, 0) is 47.7 Å². The highest BCUT2D eigenvalue weighted by molar-refractivity contribution is 5.59. The lowest BCUT2D eigenvalue weighted by molar-refractivity contribution is 0.573. The van der Waals surface area contributed by atoms with Gasteiger partial charge in [-0.2, -0.15) is 0 Å². The zero-order valence-corrected chi connectivity index (χ0v) is 11.6. The molecule has 0 spiro atoms. The maximum Gasteiger partial charge on any atom is 0.128 e. The molecule has 0 aliphatic carbocycles. The van der Waals surface area contributed by atoms with E-state index >= 15 is 0 Å². The summed E-state index contributed by atoms with van der Waals surface area (Å²) >= 11 is 0. The first-order valence-electron chi connectivity index (χ1n) is 6.89. The molecule has 2 aromatic rings. The van der Waals surface area contributed by atoms with E-state index in [0.29, 0.717) is 17.9 Å². The molecule has 1 aliphatic rings. The Labute approximate surface area is 117 Å². The number of hydrogen-bond acceptors (Lipinski definition) is 1. The lowest BCUT2D eigenvalue weighted by Crippen LogP contribution is -2.08. The van der Waals surface area contributed by atoms with Gasteiger partial charge in [0.1, 0.15) is 11.6 Å². The van der Waals surface area contributed by atoms with Crippen LogP contribution in [0.2, 0.25) is 0 Å². The van der Waals surface area contributed by atoms with Gasteiger partial charge in [0.15, 0.2) is 0 Å². The summed E-state index contributed by atoms with van der Waals surface area (Å²) in [6, 6.07) is 9.70. The Morgan fingerprint density at radius 3 is 2.65 bits per heavy atom. The van der Waals surface area contributed by atoms with Gasteiger partial charge in [0.2, 0.25) is 0 Å². The number of anilines is 1. The minimum atomic E-state index is -0.401. The summed E-state index contributed by atoms with van der Waals surface area (Å²) in [6.45, 7) is 4.29. The van der Waals surface area contributed by atoms with Gasteiger partial charge in [-0.25, -0.2) is 8.78 Å². The first kappa shape index (κ1) is 13.1. The van der Waals surface area contributed by atoms with Gasteiger partial charge in [0.25, 0.3) is 0 Å². The molecule has 3 rings (SSSR count). The summed E-state index contributed by atoms with van der Waals surface area (Å²) in [5.74, 6) is -0.298. The summed E-state index contributed by atoms with van der Waals surface area (Å²) in [5, 5.41) is 3.28. The van der Waals surface area contributed by atoms with Gasteiger partial charge < -0.3 is 5.32 Å². The molecule has 1 nitrogen and oxygen atoms in total. The van der Waals surface area contributed by atoms with Crippen LogP contribution in [-0.4, -0.2) is 0 Å². The highest BCUT2D eigenvalue weighted by Gasteiger charge is 2.25. The van der Waals surface area contributed by atoms with Crippen molar-refractivity contribution in [3.05, 3.63) is 64.7 Å². The molecule has 3 heteroatoms. The number of halogens is 2. The summed E-state index contributed by atoms with van der Waals surface area (Å²) in [6.07, 6.45) is 0.691. The molecular formula is C17H17F2N. The van der Waals surface area contributed by atoms with Crippen LogP contribution in [0, 0.1) is 11.6 Å². The van der Waals surface area contributed by atoms with Crippen LogP contribution in [0.15, 0.2) is 36.4 Å². The van der Waals surface area contributed by atoms with Crippen molar-refractivity contribution >= 4 is 5.69 Å². The molecule has 0 fully saturated rings. The van der Waals surface area contributed by atoms with Crippen LogP contribution in [0.25, 0.3) is 0 Å². The zero-order chi connectivity index (χ0) is 14.3. The van der Waals surface area contributed by atoms with Gasteiger partial charge in [-0.1, -0.05) is 26.0 Å². The molecule has 1 unspecified atom stereocenters. The molecule has 2 aromatic carbocycles. The van der Waals surface area contributed by atoms with Gasteiger partial charge in [-0.3, -0.25) is 0 Å². The second-order valence-electron chi connectivity index (χ2n) is 5.64. The molecule has 1 N–H and O–H groups in total.